The van der Waals surface area contributed by atoms with Crippen LogP contribution in [0.4, 0.5) is 20.7 Å². The van der Waals surface area contributed by atoms with E-state index < -0.39 is 23.0 Å². The Morgan fingerprint density at radius 2 is 1.58 bits per heavy atom. The van der Waals surface area contributed by atoms with Gasteiger partial charge in [0.1, 0.15) is 29.3 Å². The van der Waals surface area contributed by atoms with E-state index in [1.54, 1.807) is 43.0 Å². The smallest absolute Gasteiger partial charge is 0.335 e. The average molecular weight is 686 g/mol. The number of rotatable bonds is 8. The number of likely N-dealkylation sites (tertiary alicyclic amines) is 1. The number of piperidine rings is 1. The average Bonchev–Trinajstić information content (AvgIpc) is 3.10. The van der Waals surface area contributed by atoms with Gasteiger partial charge in [-0.3, -0.25) is 24.4 Å². The fraction of sp³-hybridized carbons (Fsp3) is 0.371. The normalized spacial score (nSPS) is 16.0. The lowest BCUT2D eigenvalue weighted by molar-refractivity contribution is 0.0765. The second-order valence-corrected chi connectivity index (χ2v) is 12.8. The molecule has 3 amide bonds. The maximum absolute atomic E-state index is 13.5. The summed E-state index contributed by atoms with van der Waals surface area (Å²) in [5.41, 5.74) is -1.25. The van der Waals surface area contributed by atoms with Crippen molar-refractivity contribution >= 4 is 23.4 Å². The van der Waals surface area contributed by atoms with Crippen molar-refractivity contribution in [2.24, 2.45) is 0 Å². The van der Waals surface area contributed by atoms with Crippen molar-refractivity contribution in [3.05, 3.63) is 99.3 Å². The Balaban J connectivity index is 1.07. The van der Waals surface area contributed by atoms with Gasteiger partial charge in [-0.1, -0.05) is 0 Å². The Hall–Kier alpha value is -5.41. The van der Waals surface area contributed by atoms with E-state index >= 15 is 0 Å². The molecule has 0 unspecified atom stereocenters. The van der Waals surface area contributed by atoms with E-state index in [1.165, 1.54) is 35.3 Å². The summed E-state index contributed by atoms with van der Waals surface area (Å²) in [5.74, 6) is -0.343. The number of amides is 3. The van der Waals surface area contributed by atoms with Gasteiger partial charge in [0, 0.05) is 69.3 Å². The third kappa shape index (κ3) is 7.90. The molecule has 50 heavy (non-hydrogen) atoms. The highest BCUT2D eigenvalue weighted by Gasteiger charge is 2.29. The van der Waals surface area contributed by atoms with Crippen molar-refractivity contribution in [3.63, 3.8) is 0 Å². The minimum absolute atomic E-state index is 0.140. The first kappa shape index (κ1) is 34.5. The number of benzene rings is 2. The molecule has 2 saturated heterocycles. The van der Waals surface area contributed by atoms with Gasteiger partial charge in [0.25, 0.3) is 11.5 Å². The first-order valence-corrected chi connectivity index (χ1v) is 16.6. The van der Waals surface area contributed by atoms with Gasteiger partial charge in [0.05, 0.1) is 5.69 Å². The second-order valence-electron chi connectivity index (χ2n) is 12.8. The molecule has 262 valence electrons. The number of aromatic nitrogens is 4. The molecule has 15 heteroatoms. The van der Waals surface area contributed by atoms with Crippen LogP contribution < -0.4 is 26.6 Å². The van der Waals surface area contributed by atoms with E-state index in [9.17, 15) is 23.6 Å². The highest BCUT2D eigenvalue weighted by atomic mass is 19.1. The fourth-order valence-electron chi connectivity index (χ4n) is 6.11. The van der Waals surface area contributed by atoms with Crippen LogP contribution in [0.15, 0.2) is 76.7 Å². The molecule has 2 aliphatic rings. The van der Waals surface area contributed by atoms with Crippen molar-refractivity contribution in [2.75, 3.05) is 56.9 Å². The zero-order valence-electron chi connectivity index (χ0n) is 28.2. The number of carbonyl (C=O) groups is 2. The quantitative estimate of drug-likeness (QED) is 0.283. The lowest BCUT2D eigenvalue weighted by Gasteiger charge is -2.42. The van der Waals surface area contributed by atoms with Crippen LogP contribution in [-0.2, 0) is 0 Å². The Kier molecular flexibility index (Phi) is 10.3. The van der Waals surface area contributed by atoms with Crippen LogP contribution in [0.25, 0.3) is 5.69 Å². The Bertz CT molecular complexity index is 1950. The van der Waals surface area contributed by atoms with Crippen molar-refractivity contribution in [1.29, 1.82) is 0 Å². The van der Waals surface area contributed by atoms with E-state index in [1.807, 2.05) is 0 Å². The van der Waals surface area contributed by atoms with Crippen LogP contribution >= 0.6 is 0 Å². The summed E-state index contributed by atoms with van der Waals surface area (Å²) in [4.78, 5) is 67.7. The van der Waals surface area contributed by atoms with Crippen LogP contribution in [-0.4, -0.2) is 98.1 Å². The summed E-state index contributed by atoms with van der Waals surface area (Å²) in [6.07, 6.45) is 4.40. The molecule has 0 spiro atoms. The summed E-state index contributed by atoms with van der Waals surface area (Å²) in [6, 6.07) is 12.7. The highest BCUT2D eigenvalue weighted by molar-refractivity contribution is 6.03. The molecule has 0 atom stereocenters. The molecule has 2 aromatic carbocycles. The summed E-state index contributed by atoms with van der Waals surface area (Å²) in [7, 11) is 2.15. The van der Waals surface area contributed by atoms with Crippen molar-refractivity contribution in [1.82, 2.24) is 33.8 Å². The number of nitrogens with one attached hydrogen (secondary N) is 2. The third-order valence-corrected chi connectivity index (χ3v) is 9.02. The zero-order chi connectivity index (χ0) is 35.4. The van der Waals surface area contributed by atoms with Gasteiger partial charge < -0.3 is 19.9 Å². The lowest BCUT2D eigenvalue weighted by atomic mass is 10.0. The van der Waals surface area contributed by atoms with Gasteiger partial charge in [-0.05, 0) is 82.3 Å². The fourth-order valence-corrected chi connectivity index (χ4v) is 6.11. The maximum Gasteiger partial charge on any atom is 0.335 e. The first-order valence-electron chi connectivity index (χ1n) is 16.6. The van der Waals surface area contributed by atoms with Gasteiger partial charge >= 0.3 is 11.7 Å². The van der Waals surface area contributed by atoms with Gasteiger partial charge in [-0.2, -0.15) is 0 Å². The molecular formula is C35H40FN9O5. The molecule has 2 N–H and O–H groups in total. The SMILES string of the molecule is CC(C)n1cc(C(=O)Nc2ccc(Oc3cc(NC(=O)N4CCC(N5CCN(C)CC5)CC4)ncn3)cc2)c(=O)n(-c2ccc(F)cc2)c1=O. The number of halogens is 1. The molecule has 6 rings (SSSR count). The van der Waals surface area contributed by atoms with Gasteiger partial charge in [-0.25, -0.2) is 28.5 Å². The highest BCUT2D eigenvalue weighted by Crippen LogP contribution is 2.24. The van der Waals surface area contributed by atoms with E-state index in [2.05, 4.69) is 37.4 Å². The number of nitrogens with zero attached hydrogens (tertiary/aromatic N) is 7. The van der Waals surface area contributed by atoms with E-state index in [0.717, 1.165) is 55.7 Å². The van der Waals surface area contributed by atoms with Crippen LogP contribution in [0.1, 0.15) is 43.1 Å². The lowest BCUT2D eigenvalue weighted by Crippen LogP contribution is -2.53. The third-order valence-electron chi connectivity index (χ3n) is 9.02. The monoisotopic (exact) mass is 685 g/mol. The molecule has 4 heterocycles. The number of hydrogen-bond acceptors (Lipinski definition) is 9. The topological polar surface area (TPSA) is 147 Å². The van der Waals surface area contributed by atoms with Crippen LogP contribution in [0.3, 0.4) is 0 Å². The van der Waals surface area contributed by atoms with E-state index in [0.29, 0.717) is 36.4 Å². The largest absolute Gasteiger partial charge is 0.439 e. The summed E-state index contributed by atoms with van der Waals surface area (Å²) in [5, 5.41) is 5.53. The number of ether oxygens (including phenoxy) is 1. The van der Waals surface area contributed by atoms with Crippen molar-refractivity contribution in [3.8, 4) is 17.3 Å². The molecule has 0 bridgehead atoms. The predicted octanol–water partition coefficient (Wildman–Crippen LogP) is 3.80. The number of anilines is 2. The summed E-state index contributed by atoms with van der Waals surface area (Å²) in [6.45, 7) is 9.10. The molecule has 2 aliphatic heterocycles. The van der Waals surface area contributed by atoms with Gasteiger partial charge in [-0.15, -0.1) is 0 Å². The molecule has 2 fully saturated rings. The first-order chi connectivity index (χ1) is 24.0. The molecular weight excluding hydrogens is 645 g/mol. The predicted molar refractivity (Wildman–Crippen MR) is 186 cm³/mol. The van der Waals surface area contributed by atoms with E-state index in [-0.39, 0.29) is 29.2 Å². The summed E-state index contributed by atoms with van der Waals surface area (Å²) < 4.78 is 21.5. The Labute approximate surface area is 288 Å². The zero-order valence-corrected chi connectivity index (χ0v) is 28.2. The Morgan fingerprint density at radius 3 is 2.24 bits per heavy atom. The van der Waals surface area contributed by atoms with Crippen LogP contribution in [0.2, 0.25) is 0 Å². The number of piperazine rings is 1. The molecule has 14 nitrogen and oxygen atoms in total. The summed E-state index contributed by atoms with van der Waals surface area (Å²) >= 11 is 0. The van der Waals surface area contributed by atoms with Crippen molar-refractivity contribution < 1.29 is 18.7 Å². The molecule has 0 radical (unpaired) electrons. The Morgan fingerprint density at radius 1 is 0.900 bits per heavy atom. The standard InChI is InChI=1S/C35H40FN9O5/c1-23(2)44-21-29(33(47)45(35(44)49)27-8-4-24(36)5-9-27)32(46)39-25-6-10-28(11-7-25)50-31-20-30(37-22-38-31)40-34(48)43-14-12-26(13-15-43)42-18-16-41(3)17-19-42/h4-11,20-23,26H,12-19H2,1-3H3,(H,39,46)(H,37,38,40,48). The maximum atomic E-state index is 13.5. The number of urea groups is 1. The minimum atomic E-state index is -0.835. The van der Waals surface area contributed by atoms with Crippen LogP contribution in [0.5, 0.6) is 11.6 Å². The number of likely N-dealkylation sites (N-methyl/N-ethyl adjacent to an activating group) is 1. The van der Waals surface area contributed by atoms with Crippen LogP contribution in [0, 0.1) is 5.82 Å². The van der Waals surface area contributed by atoms with Crippen molar-refractivity contribution in [2.45, 2.75) is 38.8 Å². The number of carbonyl (C=O) groups excluding carboxylic acids is 2. The van der Waals surface area contributed by atoms with E-state index in [4.69, 9.17) is 4.74 Å². The number of hydrogen-bond donors (Lipinski definition) is 2. The molecule has 0 saturated carbocycles. The molecule has 0 aliphatic carbocycles. The molecule has 4 aromatic rings. The van der Waals surface area contributed by atoms with Gasteiger partial charge in [0.15, 0.2) is 0 Å². The molecule has 2 aromatic heterocycles. The minimum Gasteiger partial charge on any atom is -0.439 e. The second kappa shape index (κ2) is 15.0. The van der Waals surface area contributed by atoms with Gasteiger partial charge in [0.2, 0.25) is 5.88 Å².